The number of hydrogen-bond acceptors (Lipinski definition) is 4. The van der Waals surface area contributed by atoms with E-state index in [-0.39, 0.29) is 0 Å². The lowest BCUT2D eigenvalue weighted by atomic mass is 9.83. The van der Waals surface area contributed by atoms with Crippen molar-refractivity contribution in [1.82, 2.24) is 15.0 Å². The molecule has 0 radical (unpaired) electrons. The molecule has 0 bridgehead atoms. The minimum atomic E-state index is 0.638. The minimum absolute atomic E-state index is 0.638. The van der Waals surface area contributed by atoms with Gasteiger partial charge in [-0.05, 0) is 58.0 Å². The molecule has 6 aromatic carbocycles. The molecule has 2 aromatic heterocycles. The van der Waals surface area contributed by atoms with E-state index in [2.05, 4.69) is 66.7 Å². The molecule has 0 saturated heterocycles. The molecule has 0 saturated carbocycles. The summed E-state index contributed by atoms with van der Waals surface area (Å²) in [6, 6.07) is 46.0. The summed E-state index contributed by atoms with van der Waals surface area (Å²) in [7, 11) is 0. The largest absolute Gasteiger partial charge is 0.456 e. The third-order valence-electron chi connectivity index (χ3n) is 8.89. The zero-order valence-corrected chi connectivity index (χ0v) is 24.4. The van der Waals surface area contributed by atoms with Crippen LogP contribution in [0.3, 0.4) is 0 Å². The van der Waals surface area contributed by atoms with Crippen molar-refractivity contribution in [2.75, 3.05) is 0 Å². The fourth-order valence-electron chi connectivity index (χ4n) is 6.72. The van der Waals surface area contributed by atoms with Gasteiger partial charge in [-0.25, -0.2) is 15.0 Å². The number of rotatable bonds is 4. The lowest BCUT2D eigenvalue weighted by molar-refractivity contribution is 0.669. The van der Waals surface area contributed by atoms with Gasteiger partial charge in [-0.15, -0.1) is 0 Å². The zero-order valence-electron chi connectivity index (χ0n) is 24.4. The summed E-state index contributed by atoms with van der Waals surface area (Å²) >= 11 is 0. The van der Waals surface area contributed by atoms with E-state index in [1.807, 2.05) is 72.8 Å². The van der Waals surface area contributed by atoms with Gasteiger partial charge in [0.1, 0.15) is 11.2 Å². The number of furan rings is 1. The predicted molar refractivity (Wildman–Crippen MR) is 183 cm³/mol. The molecule has 212 valence electrons. The van der Waals surface area contributed by atoms with Crippen molar-refractivity contribution in [2.45, 2.75) is 12.8 Å². The first-order valence-corrected chi connectivity index (χ1v) is 15.3. The van der Waals surface area contributed by atoms with E-state index in [1.54, 1.807) is 0 Å². The van der Waals surface area contributed by atoms with Crippen molar-refractivity contribution in [3.63, 3.8) is 0 Å². The Hall–Kier alpha value is -5.87. The molecule has 4 nitrogen and oxygen atoms in total. The summed E-state index contributed by atoms with van der Waals surface area (Å²) in [4.78, 5) is 15.4. The number of aromatic nitrogens is 3. The monoisotopic (exact) mass is 577 g/mol. The van der Waals surface area contributed by atoms with Crippen LogP contribution in [0.2, 0.25) is 0 Å². The van der Waals surface area contributed by atoms with Gasteiger partial charge in [0.25, 0.3) is 0 Å². The smallest absolute Gasteiger partial charge is 0.165 e. The molecule has 0 aliphatic heterocycles. The minimum Gasteiger partial charge on any atom is -0.456 e. The van der Waals surface area contributed by atoms with Crippen molar-refractivity contribution in [1.29, 1.82) is 0 Å². The van der Waals surface area contributed by atoms with Crippen molar-refractivity contribution >= 4 is 38.3 Å². The van der Waals surface area contributed by atoms with E-state index in [1.165, 1.54) is 27.5 Å². The van der Waals surface area contributed by atoms with Crippen molar-refractivity contribution < 1.29 is 4.42 Å². The molecule has 1 aliphatic carbocycles. The van der Waals surface area contributed by atoms with Crippen molar-refractivity contribution in [3.05, 3.63) is 156 Å². The molecule has 0 spiro atoms. The summed E-state index contributed by atoms with van der Waals surface area (Å²) in [6.07, 6.45) is 4.08. The molecule has 0 unspecified atom stereocenters. The van der Waals surface area contributed by atoms with Gasteiger partial charge in [-0.3, -0.25) is 0 Å². The molecule has 0 N–H and O–H groups in total. The topological polar surface area (TPSA) is 51.8 Å². The normalized spacial score (nSPS) is 12.8. The molecule has 4 heteroatoms. The van der Waals surface area contributed by atoms with Gasteiger partial charge >= 0.3 is 0 Å². The second-order valence-electron chi connectivity index (χ2n) is 11.5. The molecule has 2 heterocycles. The Bertz CT molecular complexity index is 2370. The summed E-state index contributed by atoms with van der Waals surface area (Å²) in [5.74, 6) is 1.92. The van der Waals surface area contributed by atoms with Crippen LogP contribution in [-0.4, -0.2) is 15.0 Å². The predicted octanol–water partition coefficient (Wildman–Crippen LogP) is 10.1. The maximum absolute atomic E-state index is 6.41. The van der Waals surface area contributed by atoms with Crippen LogP contribution in [0.1, 0.15) is 16.7 Å². The first kappa shape index (κ1) is 25.6. The van der Waals surface area contributed by atoms with Crippen LogP contribution in [0.15, 0.2) is 144 Å². The van der Waals surface area contributed by atoms with Gasteiger partial charge in [-0.2, -0.15) is 0 Å². The van der Waals surface area contributed by atoms with Crippen molar-refractivity contribution in [3.8, 4) is 34.2 Å². The van der Waals surface area contributed by atoms with Gasteiger partial charge in [0.05, 0.1) is 0 Å². The third-order valence-corrected chi connectivity index (χ3v) is 8.89. The Labute approximate surface area is 260 Å². The number of benzene rings is 6. The number of hydrogen-bond donors (Lipinski definition) is 0. The lowest BCUT2D eigenvalue weighted by Crippen LogP contribution is -2.06. The first-order valence-electron chi connectivity index (χ1n) is 15.3. The molecule has 8 aromatic rings. The molecule has 9 rings (SSSR count). The molecule has 0 atom stereocenters. The quantitative estimate of drug-likeness (QED) is 0.209. The molecular formula is C41H27N3O. The maximum Gasteiger partial charge on any atom is 0.165 e. The maximum atomic E-state index is 6.41. The standard InChI is InChI=1S/C41H27N3O/c1-3-12-28(13-4-1)39-42-40(29-14-5-2-6-15-29)44-41(43-39)38-32(23-24-36-37(38)33-17-9-10-18-35(33)45-36)30-22-21-27-20-19-26-11-7-8-16-31(26)34(27)25-30/h1-20,22-24H,21,25H2. The number of para-hydroxylation sites is 1. The van der Waals surface area contributed by atoms with Crippen LogP contribution in [0.4, 0.5) is 0 Å². The second-order valence-corrected chi connectivity index (χ2v) is 11.5. The fraction of sp³-hybridized carbons (Fsp3) is 0.0488. The second kappa shape index (κ2) is 10.4. The van der Waals surface area contributed by atoms with E-state index in [0.717, 1.165) is 57.0 Å². The SMILES string of the molecule is C1=C(c2ccc3oc4ccccc4c3c2-c2nc(-c3ccccc3)nc(-c3ccccc3)n2)Cc2c(ccc3ccccc23)C1. The molecule has 0 amide bonds. The summed E-state index contributed by atoms with van der Waals surface area (Å²) in [5.41, 5.74) is 9.69. The fourth-order valence-corrected chi connectivity index (χ4v) is 6.72. The number of fused-ring (bicyclic) bond motifs is 6. The molecule has 45 heavy (non-hydrogen) atoms. The zero-order chi connectivity index (χ0) is 29.7. The van der Waals surface area contributed by atoms with Gasteiger partial charge in [0.2, 0.25) is 0 Å². The highest BCUT2D eigenvalue weighted by molar-refractivity contribution is 6.14. The summed E-state index contributed by atoms with van der Waals surface area (Å²) < 4.78 is 6.41. The average Bonchev–Trinajstić information content (AvgIpc) is 3.50. The van der Waals surface area contributed by atoms with Gasteiger partial charge in [0, 0.05) is 27.5 Å². The van der Waals surface area contributed by atoms with Gasteiger partial charge < -0.3 is 4.42 Å². The van der Waals surface area contributed by atoms with E-state index in [4.69, 9.17) is 19.4 Å². The van der Waals surface area contributed by atoms with Crippen LogP contribution < -0.4 is 0 Å². The Kier molecular flexibility index (Phi) is 5.91. The highest BCUT2D eigenvalue weighted by Crippen LogP contribution is 2.43. The summed E-state index contributed by atoms with van der Waals surface area (Å²) in [5, 5.41) is 4.66. The highest BCUT2D eigenvalue weighted by atomic mass is 16.3. The molecule has 0 fully saturated rings. The van der Waals surface area contributed by atoms with E-state index >= 15 is 0 Å². The van der Waals surface area contributed by atoms with Crippen LogP contribution in [0, 0.1) is 0 Å². The van der Waals surface area contributed by atoms with E-state index in [9.17, 15) is 0 Å². The Morgan fingerprint density at radius 3 is 1.91 bits per heavy atom. The van der Waals surface area contributed by atoms with Crippen LogP contribution >= 0.6 is 0 Å². The highest BCUT2D eigenvalue weighted by Gasteiger charge is 2.24. The van der Waals surface area contributed by atoms with Crippen LogP contribution in [0.25, 0.3) is 72.4 Å². The Morgan fingerprint density at radius 1 is 0.511 bits per heavy atom. The lowest BCUT2D eigenvalue weighted by Gasteiger charge is -2.22. The number of allylic oxidation sites excluding steroid dienone is 2. The van der Waals surface area contributed by atoms with Gasteiger partial charge in [0.15, 0.2) is 17.5 Å². The van der Waals surface area contributed by atoms with Crippen molar-refractivity contribution in [2.24, 2.45) is 0 Å². The van der Waals surface area contributed by atoms with Crippen LogP contribution in [0.5, 0.6) is 0 Å². The average molecular weight is 578 g/mol. The summed E-state index contributed by atoms with van der Waals surface area (Å²) in [6.45, 7) is 0. The molecule has 1 aliphatic rings. The van der Waals surface area contributed by atoms with Gasteiger partial charge in [-0.1, -0.05) is 127 Å². The first-order chi connectivity index (χ1) is 22.3. The molecular weight excluding hydrogens is 550 g/mol. The Morgan fingerprint density at radius 2 is 1.16 bits per heavy atom. The number of nitrogens with zero attached hydrogens (tertiary/aromatic N) is 3. The van der Waals surface area contributed by atoms with E-state index < -0.39 is 0 Å². The van der Waals surface area contributed by atoms with E-state index in [0.29, 0.717) is 17.5 Å². The third kappa shape index (κ3) is 4.34. The van der Waals surface area contributed by atoms with Crippen LogP contribution in [-0.2, 0) is 12.8 Å². The Balaban J connectivity index is 1.33.